The lowest BCUT2D eigenvalue weighted by Gasteiger charge is -2.08. The van der Waals surface area contributed by atoms with Gasteiger partial charge in [-0.25, -0.2) is 9.98 Å². The Morgan fingerprint density at radius 1 is 0.966 bits per heavy atom. The summed E-state index contributed by atoms with van der Waals surface area (Å²) in [6, 6.07) is 21.5. The Morgan fingerprint density at radius 3 is 2.48 bits per heavy atom. The van der Waals surface area contributed by atoms with E-state index >= 15 is 0 Å². The van der Waals surface area contributed by atoms with Crippen LogP contribution in [0.1, 0.15) is 11.1 Å². The maximum Gasteiger partial charge on any atom is 0.230 e. The lowest BCUT2D eigenvalue weighted by Crippen LogP contribution is -1.99. The molecular formula is C23H20ClN3O2. The number of hydrogen-bond acceptors (Lipinski definition) is 4. The number of nitrogens with zero attached hydrogens (tertiary/aromatic N) is 3. The predicted molar refractivity (Wildman–Crippen MR) is 117 cm³/mol. The van der Waals surface area contributed by atoms with Gasteiger partial charge in [0.1, 0.15) is 0 Å². The second-order valence-electron chi connectivity index (χ2n) is 6.49. The van der Waals surface area contributed by atoms with Crippen molar-refractivity contribution in [1.82, 2.24) is 9.55 Å². The number of benzene rings is 3. The van der Waals surface area contributed by atoms with E-state index in [9.17, 15) is 0 Å². The molecule has 4 rings (SSSR count). The molecule has 0 bridgehead atoms. The number of fused-ring (bicyclic) bond motifs is 1. The molecule has 6 heteroatoms. The maximum atomic E-state index is 6.02. The molecule has 0 amide bonds. The largest absolute Gasteiger partial charge is 0.493 e. The molecule has 0 aliphatic rings. The highest BCUT2D eigenvalue weighted by molar-refractivity contribution is 6.30. The minimum atomic E-state index is 0.635. The van der Waals surface area contributed by atoms with Crippen LogP contribution in [0, 0.1) is 0 Å². The molecule has 29 heavy (non-hydrogen) atoms. The highest BCUT2D eigenvalue weighted by Gasteiger charge is 2.10. The van der Waals surface area contributed by atoms with Gasteiger partial charge in [-0.2, -0.15) is 0 Å². The molecule has 0 saturated carbocycles. The molecule has 1 aromatic heterocycles. The summed E-state index contributed by atoms with van der Waals surface area (Å²) in [5, 5.41) is 0.718. The third-order valence-electron chi connectivity index (χ3n) is 4.63. The van der Waals surface area contributed by atoms with Crippen LogP contribution >= 0.6 is 11.6 Å². The second kappa shape index (κ2) is 8.37. The lowest BCUT2D eigenvalue weighted by atomic mass is 10.2. The molecule has 0 radical (unpaired) electrons. The van der Waals surface area contributed by atoms with Gasteiger partial charge in [0.2, 0.25) is 5.95 Å². The van der Waals surface area contributed by atoms with Crippen molar-refractivity contribution in [3.8, 4) is 11.5 Å². The van der Waals surface area contributed by atoms with Gasteiger partial charge in [-0.1, -0.05) is 35.9 Å². The average Bonchev–Trinajstić information content (AvgIpc) is 3.11. The Bertz CT molecular complexity index is 1170. The van der Waals surface area contributed by atoms with Crippen molar-refractivity contribution >= 4 is 34.8 Å². The van der Waals surface area contributed by atoms with E-state index in [0.717, 1.165) is 27.2 Å². The Kier molecular flexibility index (Phi) is 5.49. The average molecular weight is 406 g/mol. The number of methoxy groups -OCH3 is 2. The molecule has 0 spiro atoms. The van der Waals surface area contributed by atoms with E-state index in [0.29, 0.717) is 24.0 Å². The Balaban J connectivity index is 1.71. The molecule has 0 fully saturated rings. The van der Waals surface area contributed by atoms with E-state index in [1.165, 1.54) is 0 Å². The monoisotopic (exact) mass is 405 g/mol. The molecule has 0 saturated heterocycles. The fraction of sp³-hybridized carbons (Fsp3) is 0.130. The number of rotatable bonds is 6. The van der Waals surface area contributed by atoms with E-state index in [2.05, 4.69) is 9.56 Å². The highest BCUT2D eigenvalue weighted by Crippen LogP contribution is 2.28. The first-order valence-corrected chi connectivity index (χ1v) is 9.51. The second-order valence-corrected chi connectivity index (χ2v) is 6.92. The van der Waals surface area contributed by atoms with Crippen molar-refractivity contribution < 1.29 is 9.47 Å². The van der Waals surface area contributed by atoms with Crippen LogP contribution in [0.5, 0.6) is 11.5 Å². The van der Waals surface area contributed by atoms with Crippen LogP contribution in [0.4, 0.5) is 5.95 Å². The zero-order valence-electron chi connectivity index (χ0n) is 16.2. The van der Waals surface area contributed by atoms with Gasteiger partial charge in [-0.05, 0) is 53.6 Å². The number of halogens is 1. The third-order valence-corrected chi connectivity index (χ3v) is 4.88. The summed E-state index contributed by atoms with van der Waals surface area (Å²) in [5.41, 5.74) is 3.95. The van der Waals surface area contributed by atoms with Crippen molar-refractivity contribution in [2.45, 2.75) is 6.54 Å². The molecule has 0 atom stereocenters. The molecule has 0 aliphatic carbocycles. The first kappa shape index (κ1) is 19.0. The molecule has 0 N–H and O–H groups in total. The molecule has 0 unspecified atom stereocenters. The molecule has 146 valence electrons. The fourth-order valence-electron chi connectivity index (χ4n) is 3.15. The molecule has 5 nitrogen and oxygen atoms in total. The van der Waals surface area contributed by atoms with Gasteiger partial charge in [0, 0.05) is 11.2 Å². The lowest BCUT2D eigenvalue weighted by molar-refractivity contribution is 0.355. The summed E-state index contributed by atoms with van der Waals surface area (Å²) in [5.74, 6) is 1.97. The molecule has 3 aromatic carbocycles. The van der Waals surface area contributed by atoms with Crippen LogP contribution in [-0.4, -0.2) is 30.0 Å². The fourth-order valence-corrected chi connectivity index (χ4v) is 3.28. The molecule has 4 aromatic rings. The molecular weight excluding hydrogens is 386 g/mol. The summed E-state index contributed by atoms with van der Waals surface area (Å²) in [6.07, 6.45) is 1.78. The van der Waals surface area contributed by atoms with E-state index in [1.807, 2.05) is 66.7 Å². The first-order valence-electron chi connectivity index (χ1n) is 9.14. The van der Waals surface area contributed by atoms with E-state index in [-0.39, 0.29) is 0 Å². The van der Waals surface area contributed by atoms with Gasteiger partial charge < -0.3 is 14.0 Å². The Morgan fingerprint density at radius 2 is 1.72 bits per heavy atom. The Labute approximate surface area is 174 Å². The van der Waals surface area contributed by atoms with Crippen molar-refractivity contribution in [2.24, 2.45) is 4.99 Å². The highest BCUT2D eigenvalue weighted by atomic mass is 35.5. The van der Waals surface area contributed by atoms with Gasteiger partial charge in [0.15, 0.2) is 11.5 Å². The van der Waals surface area contributed by atoms with Gasteiger partial charge >= 0.3 is 0 Å². The number of hydrogen-bond donors (Lipinski definition) is 0. The van der Waals surface area contributed by atoms with Crippen molar-refractivity contribution in [3.63, 3.8) is 0 Å². The molecule has 1 heterocycles. The van der Waals surface area contributed by atoms with Crippen LogP contribution in [0.2, 0.25) is 5.02 Å². The zero-order valence-corrected chi connectivity index (χ0v) is 16.9. The molecule has 0 aliphatic heterocycles. The predicted octanol–water partition coefficient (Wildman–Crippen LogP) is 5.51. The van der Waals surface area contributed by atoms with Gasteiger partial charge in [-0.3, -0.25) is 0 Å². The maximum absolute atomic E-state index is 6.02. The minimum Gasteiger partial charge on any atom is -0.493 e. The van der Waals surface area contributed by atoms with E-state index in [4.69, 9.17) is 26.1 Å². The topological polar surface area (TPSA) is 48.6 Å². The first-order chi connectivity index (χ1) is 14.2. The smallest absolute Gasteiger partial charge is 0.230 e. The SMILES string of the molecule is COc1ccc(/C=N\c2nc3ccccc3n2Cc2ccc(Cl)cc2)cc1OC. The summed E-state index contributed by atoms with van der Waals surface area (Å²) in [7, 11) is 3.23. The van der Waals surface area contributed by atoms with Gasteiger partial charge in [0.05, 0.1) is 31.8 Å². The number of imidazole rings is 1. The van der Waals surface area contributed by atoms with Crippen LogP contribution in [0.15, 0.2) is 71.7 Å². The van der Waals surface area contributed by atoms with Crippen LogP contribution in [0.3, 0.4) is 0 Å². The number of para-hydroxylation sites is 2. The van der Waals surface area contributed by atoms with Crippen LogP contribution in [0.25, 0.3) is 11.0 Å². The van der Waals surface area contributed by atoms with Gasteiger partial charge in [-0.15, -0.1) is 0 Å². The normalized spacial score (nSPS) is 11.3. The zero-order chi connectivity index (χ0) is 20.2. The van der Waals surface area contributed by atoms with Crippen molar-refractivity contribution in [3.05, 3.63) is 82.9 Å². The van der Waals surface area contributed by atoms with E-state index < -0.39 is 0 Å². The van der Waals surface area contributed by atoms with Crippen LogP contribution < -0.4 is 9.47 Å². The number of ether oxygens (including phenoxy) is 2. The standard InChI is InChI=1S/C23H20ClN3O2/c1-28-21-12-9-17(13-22(21)29-2)14-25-23-26-19-5-3-4-6-20(19)27(23)15-16-7-10-18(24)11-8-16/h3-14H,15H2,1-2H3/b25-14-. The summed E-state index contributed by atoms with van der Waals surface area (Å²) in [6.45, 7) is 0.649. The summed E-state index contributed by atoms with van der Waals surface area (Å²) >= 11 is 6.02. The van der Waals surface area contributed by atoms with E-state index in [1.54, 1.807) is 20.4 Å². The van der Waals surface area contributed by atoms with Crippen LogP contribution in [-0.2, 0) is 6.54 Å². The summed E-state index contributed by atoms with van der Waals surface area (Å²) in [4.78, 5) is 9.36. The Hall–Kier alpha value is -3.31. The minimum absolute atomic E-state index is 0.635. The van der Waals surface area contributed by atoms with Crippen molar-refractivity contribution in [1.29, 1.82) is 0 Å². The van der Waals surface area contributed by atoms with Gasteiger partial charge in [0.25, 0.3) is 0 Å². The number of aliphatic imine (C=N–C) groups is 1. The third kappa shape index (κ3) is 4.10. The van der Waals surface area contributed by atoms with Crippen molar-refractivity contribution in [2.75, 3.05) is 14.2 Å². The number of aromatic nitrogens is 2. The summed E-state index contributed by atoms with van der Waals surface area (Å²) < 4.78 is 12.8. The quantitative estimate of drug-likeness (QED) is 0.397.